The highest BCUT2D eigenvalue weighted by atomic mass is 32.2. The predicted octanol–water partition coefficient (Wildman–Crippen LogP) is 2.19. The van der Waals surface area contributed by atoms with E-state index in [1.54, 1.807) is 6.92 Å². The summed E-state index contributed by atoms with van der Waals surface area (Å²) in [6, 6.07) is 0. The second-order valence-electron chi connectivity index (χ2n) is 3.16. The van der Waals surface area contributed by atoms with Gasteiger partial charge >= 0.3 is 6.18 Å². The minimum atomic E-state index is -4.56. The molecule has 0 saturated carbocycles. The van der Waals surface area contributed by atoms with E-state index in [0.717, 1.165) is 11.8 Å². The number of aliphatic hydroxyl groups excluding tert-OH is 1. The van der Waals surface area contributed by atoms with Crippen LogP contribution in [0.5, 0.6) is 0 Å². The van der Waals surface area contributed by atoms with E-state index in [9.17, 15) is 13.2 Å². The number of nitrogens with zero attached hydrogens (tertiary/aromatic N) is 2. The molecule has 0 aliphatic carbocycles. The predicted molar refractivity (Wildman–Crippen MR) is 55.0 cm³/mol. The molecule has 0 amide bonds. The van der Waals surface area contributed by atoms with Crippen LogP contribution >= 0.6 is 11.8 Å². The van der Waals surface area contributed by atoms with Gasteiger partial charge in [-0.2, -0.15) is 13.2 Å². The van der Waals surface area contributed by atoms with E-state index in [2.05, 4.69) is 9.97 Å². The zero-order valence-corrected chi connectivity index (χ0v) is 9.29. The van der Waals surface area contributed by atoms with Gasteiger partial charge in [-0.1, -0.05) is 0 Å². The maximum absolute atomic E-state index is 12.0. The summed E-state index contributed by atoms with van der Waals surface area (Å²) in [6.45, 7) is 1.72. The third-order valence-electron chi connectivity index (χ3n) is 1.88. The molecule has 1 rings (SSSR count). The van der Waals surface area contributed by atoms with Crippen molar-refractivity contribution >= 4 is 11.8 Å². The maximum Gasteiger partial charge on any atom is 0.415 e. The Morgan fingerprint density at radius 2 is 2.12 bits per heavy atom. The summed E-state index contributed by atoms with van der Waals surface area (Å²) < 4.78 is 36.0. The number of alkyl halides is 3. The fourth-order valence-corrected chi connectivity index (χ4v) is 1.89. The molecule has 0 aliphatic rings. The van der Waals surface area contributed by atoms with Gasteiger partial charge in [-0.15, -0.1) is 11.8 Å². The summed E-state index contributed by atoms with van der Waals surface area (Å²) in [6.07, 6.45) is -2.39. The summed E-state index contributed by atoms with van der Waals surface area (Å²) in [5.74, 6) is -0.402. The van der Waals surface area contributed by atoms with E-state index in [-0.39, 0.29) is 5.25 Å². The van der Waals surface area contributed by atoms with Gasteiger partial charge in [-0.05, 0) is 6.92 Å². The number of aromatic nitrogens is 2. The lowest BCUT2D eigenvalue weighted by atomic mass is 10.3. The first kappa shape index (κ1) is 13.2. The highest BCUT2D eigenvalue weighted by Crippen LogP contribution is 2.30. The first-order chi connectivity index (χ1) is 7.41. The fourth-order valence-electron chi connectivity index (χ4n) is 0.936. The normalized spacial score (nSPS) is 15.8. The molecular weight excluding hydrogens is 241 g/mol. The molecule has 7 heteroatoms. The van der Waals surface area contributed by atoms with Crippen molar-refractivity contribution in [3.05, 3.63) is 24.3 Å². The zero-order valence-electron chi connectivity index (χ0n) is 8.48. The molecule has 0 aliphatic heterocycles. The van der Waals surface area contributed by atoms with Crippen molar-refractivity contribution in [2.75, 3.05) is 5.75 Å². The Morgan fingerprint density at radius 3 is 2.62 bits per heavy atom. The summed E-state index contributed by atoms with van der Waals surface area (Å²) >= 11 is 0.992. The Labute approximate surface area is 95.1 Å². The minimum absolute atomic E-state index is 0.231. The first-order valence-corrected chi connectivity index (χ1v) is 5.58. The Kier molecular flexibility index (Phi) is 4.55. The molecule has 2 atom stereocenters. The molecule has 0 aromatic carbocycles. The molecule has 16 heavy (non-hydrogen) atoms. The van der Waals surface area contributed by atoms with Gasteiger partial charge in [0, 0.05) is 29.6 Å². The molecule has 1 heterocycles. The Balaban J connectivity index is 2.45. The molecule has 0 bridgehead atoms. The molecule has 0 spiro atoms. The van der Waals surface area contributed by atoms with Gasteiger partial charge in [-0.3, -0.25) is 9.97 Å². The Morgan fingerprint density at radius 1 is 1.44 bits per heavy atom. The van der Waals surface area contributed by atoms with Crippen molar-refractivity contribution in [1.82, 2.24) is 9.97 Å². The smallest absolute Gasteiger partial charge is 0.383 e. The van der Waals surface area contributed by atoms with Crippen LogP contribution in [0, 0.1) is 0 Å². The number of thioether (sulfide) groups is 1. The highest BCUT2D eigenvalue weighted by molar-refractivity contribution is 7.99. The topological polar surface area (TPSA) is 46.0 Å². The van der Waals surface area contributed by atoms with Gasteiger partial charge in [0.25, 0.3) is 0 Å². The molecule has 0 saturated heterocycles. The maximum atomic E-state index is 12.0. The summed E-state index contributed by atoms with van der Waals surface area (Å²) in [5.41, 5.74) is 0.599. The second-order valence-corrected chi connectivity index (χ2v) is 4.54. The van der Waals surface area contributed by atoms with Crippen LogP contribution in [-0.2, 0) is 0 Å². The van der Waals surface area contributed by atoms with Crippen LogP contribution in [0.3, 0.4) is 0 Å². The highest BCUT2D eigenvalue weighted by Gasteiger charge is 2.38. The third kappa shape index (κ3) is 3.97. The zero-order chi connectivity index (χ0) is 12.2. The summed E-state index contributed by atoms with van der Waals surface area (Å²) in [5, 5.41) is 8.57. The fraction of sp³-hybridized carbons (Fsp3) is 0.556. The second kappa shape index (κ2) is 5.49. The lowest BCUT2D eigenvalue weighted by Crippen LogP contribution is -2.30. The van der Waals surface area contributed by atoms with Gasteiger partial charge in [0.1, 0.15) is 0 Å². The van der Waals surface area contributed by atoms with E-state index in [1.165, 1.54) is 18.6 Å². The average molecular weight is 252 g/mol. The molecule has 1 N–H and O–H groups in total. The molecule has 0 radical (unpaired) electrons. The van der Waals surface area contributed by atoms with Crippen LogP contribution < -0.4 is 0 Å². The van der Waals surface area contributed by atoms with Crippen molar-refractivity contribution in [1.29, 1.82) is 0 Å². The quantitative estimate of drug-likeness (QED) is 0.892. The van der Waals surface area contributed by atoms with E-state index in [4.69, 9.17) is 5.11 Å². The molecule has 90 valence electrons. The molecule has 1 aromatic rings. The number of halogens is 3. The van der Waals surface area contributed by atoms with Crippen LogP contribution in [0.25, 0.3) is 0 Å². The first-order valence-electron chi connectivity index (χ1n) is 4.53. The number of hydrogen-bond donors (Lipinski definition) is 1. The standard InChI is InChI=1S/C9H11F3N2OS/c1-6(7-4-13-2-3-14-7)16-5-8(15)9(10,11)12/h2-4,6,8,15H,5H2,1H3/t6-,8+/m1/s1. The van der Waals surface area contributed by atoms with Crippen molar-refractivity contribution in [2.24, 2.45) is 0 Å². The number of aliphatic hydroxyl groups is 1. The van der Waals surface area contributed by atoms with Crippen LogP contribution in [-0.4, -0.2) is 33.1 Å². The van der Waals surface area contributed by atoms with Crippen molar-refractivity contribution in [3.63, 3.8) is 0 Å². The van der Waals surface area contributed by atoms with E-state index in [0.29, 0.717) is 5.69 Å². The average Bonchev–Trinajstić information content (AvgIpc) is 2.25. The Hall–Kier alpha value is -0.820. The van der Waals surface area contributed by atoms with Gasteiger partial charge in [0.05, 0.1) is 5.69 Å². The van der Waals surface area contributed by atoms with Crippen LogP contribution in [0.15, 0.2) is 18.6 Å². The third-order valence-corrected chi connectivity index (χ3v) is 3.13. The molecule has 1 aromatic heterocycles. The van der Waals surface area contributed by atoms with Crippen molar-refractivity contribution < 1.29 is 18.3 Å². The van der Waals surface area contributed by atoms with Gasteiger partial charge < -0.3 is 5.11 Å². The summed E-state index contributed by atoms with van der Waals surface area (Å²) in [7, 11) is 0. The van der Waals surface area contributed by atoms with Gasteiger partial charge in [0.15, 0.2) is 6.10 Å². The lowest BCUT2D eigenvalue weighted by molar-refractivity contribution is -0.195. The van der Waals surface area contributed by atoms with E-state index >= 15 is 0 Å². The largest absolute Gasteiger partial charge is 0.415 e. The minimum Gasteiger partial charge on any atom is -0.383 e. The number of rotatable bonds is 4. The lowest BCUT2D eigenvalue weighted by Gasteiger charge is -2.16. The molecule has 3 nitrogen and oxygen atoms in total. The molecule has 0 fully saturated rings. The summed E-state index contributed by atoms with van der Waals surface area (Å²) in [4.78, 5) is 7.79. The molecule has 0 unspecified atom stereocenters. The van der Waals surface area contributed by atoms with Crippen LogP contribution in [0.1, 0.15) is 17.9 Å². The van der Waals surface area contributed by atoms with Gasteiger partial charge in [-0.25, -0.2) is 0 Å². The van der Waals surface area contributed by atoms with Crippen LogP contribution in [0.2, 0.25) is 0 Å². The van der Waals surface area contributed by atoms with Crippen molar-refractivity contribution in [2.45, 2.75) is 24.5 Å². The van der Waals surface area contributed by atoms with E-state index in [1.807, 2.05) is 0 Å². The van der Waals surface area contributed by atoms with Crippen molar-refractivity contribution in [3.8, 4) is 0 Å². The van der Waals surface area contributed by atoms with Gasteiger partial charge in [0.2, 0.25) is 0 Å². The molecular formula is C9H11F3N2OS. The SMILES string of the molecule is C[C@@H](SC[C@H](O)C(F)(F)F)c1cnccn1. The Bertz CT molecular complexity index is 320. The monoisotopic (exact) mass is 252 g/mol. The number of hydrogen-bond acceptors (Lipinski definition) is 4. The van der Waals surface area contributed by atoms with E-state index < -0.39 is 18.0 Å². The van der Waals surface area contributed by atoms with Crippen LogP contribution in [0.4, 0.5) is 13.2 Å².